The fourth-order valence-corrected chi connectivity index (χ4v) is 2.91. The van der Waals surface area contributed by atoms with Crippen LogP contribution in [0.4, 0.5) is 10.1 Å². The van der Waals surface area contributed by atoms with Crippen molar-refractivity contribution in [2.45, 2.75) is 13.5 Å². The second-order valence-electron chi connectivity index (χ2n) is 5.76. The van der Waals surface area contributed by atoms with E-state index < -0.39 is 24.3 Å². The second-order valence-corrected chi connectivity index (χ2v) is 6.68. The average Bonchev–Trinajstić information content (AvgIpc) is 2.69. The molecule has 1 heterocycles. The Balaban J connectivity index is 1.77. The number of esters is 1. The van der Waals surface area contributed by atoms with Crippen LogP contribution in [0.15, 0.2) is 51.7 Å². The van der Waals surface area contributed by atoms with Gasteiger partial charge in [-0.3, -0.25) is 9.59 Å². The lowest BCUT2D eigenvalue weighted by molar-refractivity contribution is -0.119. The van der Waals surface area contributed by atoms with Crippen molar-refractivity contribution in [3.63, 3.8) is 0 Å². The summed E-state index contributed by atoms with van der Waals surface area (Å²) in [5.41, 5.74) is -0.426. The van der Waals surface area contributed by atoms with Crippen LogP contribution in [0.25, 0.3) is 10.8 Å². The molecule has 144 valence electrons. The van der Waals surface area contributed by atoms with E-state index in [-0.39, 0.29) is 23.5 Å². The zero-order valence-corrected chi connectivity index (χ0v) is 16.3. The molecular formula is C19H15BrFN3O4. The molecule has 7 nitrogen and oxygen atoms in total. The van der Waals surface area contributed by atoms with E-state index >= 15 is 0 Å². The van der Waals surface area contributed by atoms with Crippen LogP contribution in [0.5, 0.6) is 0 Å². The van der Waals surface area contributed by atoms with E-state index in [2.05, 4.69) is 26.3 Å². The first kappa shape index (κ1) is 19.7. The van der Waals surface area contributed by atoms with Crippen LogP contribution in [0.2, 0.25) is 0 Å². The fraction of sp³-hybridized carbons (Fsp3) is 0.158. The number of carbonyl (C=O) groups is 2. The lowest BCUT2D eigenvalue weighted by Gasteiger charge is -2.10. The number of hydrogen-bond donors (Lipinski definition) is 1. The van der Waals surface area contributed by atoms with Crippen molar-refractivity contribution in [3.05, 3.63) is 68.8 Å². The summed E-state index contributed by atoms with van der Waals surface area (Å²) in [4.78, 5) is 36.7. The number of aromatic nitrogens is 2. The summed E-state index contributed by atoms with van der Waals surface area (Å²) >= 11 is 3.12. The zero-order chi connectivity index (χ0) is 20.3. The SMILES string of the molecule is CCn1nc(C(=O)OCC(=O)Nc2ccc(Br)cc2F)c2ccccc2c1=O. The average molecular weight is 448 g/mol. The Morgan fingerprint density at radius 1 is 1.21 bits per heavy atom. The van der Waals surface area contributed by atoms with E-state index in [1.54, 1.807) is 37.3 Å². The van der Waals surface area contributed by atoms with E-state index in [9.17, 15) is 18.8 Å². The molecule has 1 N–H and O–H groups in total. The number of aryl methyl sites for hydroxylation is 1. The van der Waals surface area contributed by atoms with E-state index in [4.69, 9.17) is 4.74 Å². The maximum Gasteiger partial charge on any atom is 0.359 e. The smallest absolute Gasteiger partial charge is 0.359 e. The van der Waals surface area contributed by atoms with E-state index in [0.717, 1.165) is 4.68 Å². The molecule has 0 saturated carbocycles. The highest BCUT2D eigenvalue weighted by molar-refractivity contribution is 9.10. The van der Waals surface area contributed by atoms with Gasteiger partial charge < -0.3 is 10.1 Å². The van der Waals surface area contributed by atoms with Gasteiger partial charge in [-0.2, -0.15) is 5.10 Å². The third-order valence-electron chi connectivity index (χ3n) is 3.90. The summed E-state index contributed by atoms with van der Waals surface area (Å²) in [6.45, 7) is 1.36. The molecule has 0 unspecified atom stereocenters. The van der Waals surface area contributed by atoms with Crippen LogP contribution >= 0.6 is 15.9 Å². The van der Waals surface area contributed by atoms with Crippen LogP contribution < -0.4 is 10.9 Å². The first-order valence-electron chi connectivity index (χ1n) is 8.32. The van der Waals surface area contributed by atoms with E-state index in [0.29, 0.717) is 15.2 Å². The zero-order valence-electron chi connectivity index (χ0n) is 14.7. The highest BCUT2D eigenvalue weighted by atomic mass is 79.9. The molecule has 9 heteroatoms. The minimum Gasteiger partial charge on any atom is -0.451 e. The van der Waals surface area contributed by atoms with Crippen LogP contribution in [0.1, 0.15) is 17.4 Å². The molecule has 0 bridgehead atoms. The first-order valence-corrected chi connectivity index (χ1v) is 9.12. The van der Waals surface area contributed by atoms with E-state index in [1.807, 2.05) is 0 Å². The molecule has 1 amide bonds. The van der Waals surface area contributed by atoms with Gasteiger partial charge in [0.25, 0.3) is 11.5 Å². The molecule has 0 saturated heterocycles. The van der Waals surface area contributed by atoms with Gasteiger partial charge in [-0.25, -0.2) is 13.9 Å². The number of fused-ring (bicyclic) bond motifs is 1. The number of carbonyl (C=O) groups excluding carboxylic acids is 2. The summed E-state index contributed by atoms with van der Waals surface area (Å²) in [5, 5.41) is 7.02. The third kappa shape index (κ3) is 4.09. The van der Waals surface area contributed by atoms with Crippen molar-refractivity contribution >= 4 is 44.3 Å². The number of anilines is 1. The molecule has 1 aromatic heterocycles. The second kappa shape index (κ2) is 8.30. The van der Waals surface area contributed by atoms with Gasteiger partial charge in [-0.15, -0.1) is 0 Å². The Morgan fingerprint density at radius 3 is 2.61 bits per heavy atom. The highest BCUT2D eigenvalue weighted by Gasteiger charge is 2.19. The molecule has 0 aliphatic carbocycles. The summed E-state index contributed by atoms with van der Waals surface area (Å²) in [6, 6.07) is 10.7. The summed E-state index contributed by atoms with van der Waals surface area (Å²) in [7, 11) is 0. The monoisotopic (exact) mass is 447 g/mol. The number of ether oxygens (including phenoxy) is 1. The Bertz CT molecular complexity index is 1130. The number of nitrogens with zero attached hydrogens (tertiary/aromatic N) is 2. The van der Waals surface area contributed by atoms with Gasteiger partial charge in [0.2, 0.25) is 0 Å². The lowest BCUT2D eigenvalue weighted by atomic mass is 10.1. The highest BCUT2D eigenvalue weighted by Crippen LogP contribution is 2.19. The number of rotatable bonds is 5. The Morgan fingerprint density at radius 2 is 1.93 bits per heavy atom. The molecule has 0 atom stereocenters. The molecule has 0 spiro atoms. The minimum absolute atomic E-state index is 0.0349. The van der Waals surface area contributed by atoms with Gasteiger partial charge in [-0.05, 0) is 31.2 Å². The number of nitrogens with one attached hydrogen (secondary N) is 1. The number of hydrogen-bond acceptors (Lipinski definition) is 5. The summed E-state index contributed by atoms with van der Waals surface area (Å²) < 4.78 is 20.5. The quantitative estimate of drug-likeness (QED) is 0.606. The van der Waals surface area contributed by atoms with Gasteiger partial charge >= 0.3 is 5.97 Å². The van der Waals surface area contributed by atoms with Crippen LogP contribution in [0.3, 0.4) is 0 Å². The van der Waals surface area contributed by atoms with Gasteiger partial charge in [0.1, 0.15) is 5.82 Å². The predicted octanol–water partition coefficient (Wildman–Crippen LogP) is 3.11. The maximum absolute atomic E-state index is 13.8. The Labute approximate surface area is 167 Å². The van der Waals surface area contributed by atoms with Crippen LogP contribution in [-0.2, 0) is 16.1 Å². The fourth-order valence-electron chi connectivity index (χ4n) is 2.58. The van der Waals surface area contributed by atoms with Gasteiger partial charge in [0.05, 0.1) is 11.1 Å². The molecule has 0 fully saturated rings. The minimum atomic E-state index is -0.857. The van der Waals surface area contributed by atoms with Gasteiger partial charge in [0.15, 0.2) is 12.3 Å². The van der Waals surface area contributed by atoms with Crippen molar-refractivity contribution in [2.24, 2.45) is 0 Å². The topological polar surface area (TPSA) is 90.3 Å². The van der Waals surface area contributed by atoms with Crippen LogP contribution in [-0.4, -0.2) is 28.3 Å². The molecule has 28 heavy (non-hydrogen) atoms. The molecular weight excluding hydrogens is 433 g/mol. The van der Waals surface area contributed by atoms with E-state index in [1.165, 1.54) is 12.1 Å². The molecule has 3 aromatic rings. The van der Waals surface area contributed by atoms with Crippen molar-refractivity contribution in [2.75, 3.05) is 11.9 Å². The normalized spacial score (nSPS) is 10.7. The molecule has 0 radical (unpaired) electrons. The predicted molar refractivity (Wildman–Crippen MR) is 105 cm³/mol. The third-order valence-corrected chi connectivity index (χ3v) is 4.39. The Hall–Kier alpha value is -3.07. The van der Waals surface area contributed by atoms with Gasteiger partial charge in [-0.1, -0.05) is 34.1 Å². The largest absolute Gasteiger partial charge is 0.451 e. The summed E-state index contributed by atoms with van der Waals surface area (Å²) in [6.07, 6.45) is 0. The first-order chi connectivity index (χ1) is 13.4. The van der Waals surface area contributed by atoms with Crippen molar-refractivity contribution in [1.29, 1.82) is 0 Å². The number of halogens is 2. The molecule has 2 aromatic carbocycles. The molecule has 3 rings (SSSR count). The number of amides is 1. The summed E-state index contributed by atoms with van der Waals surface area (Å²) in [5.74, 6) is -2.19. The number of benzene rings is 2. The standard InChI is InChI=1S/C19H15BrFN3O4/c1-2-24-18(26)13-6-4-3-5-12(13)17(23-24)19(27)28-10-16(25)22-15-8-7-11(20)9-14(15)21/h3-9H,2,10H2,1H3,(H,22,25). The van der Waals surface area contributed by atoms with Gasteiger partial charge in [0, 0.05) is 16.4 Å². The molecule has 0 aliphatic heterocycles. The maximum atomic E-state index is 13.8. The Kier molecular flexibility index (Phi) is 5.84. The van der Waals surface area contributed by atoms with Crippen LogP contribution in [0, 0.1) is 5.82 Å². The molecule has 0 aliphatic rings. The van der Waals surface area contributed by atoms with Crippen molar-refractivity contribution in [1.82, 2.24) is 9.78 Å². The van der Waals surface area contributed by atoms with Crippen molar-refractivity contribution in [3.8, 4) is 0 Å². The lowest BCUT2D eigenvalue weighted by Crippen LogP contribution is -2.27. The van der Waals surface area contributed by atoms with Crippen molar-refractivity contribution < 1.29 is 18.7 Å².